The van der Waals surface area contributed by atoms with Gasteiger partial charge in [0.15, 0.2) is 0 Å². The molecule has 1 aliphatic heterocycles. The summed E-state index contributed by atoms with van der Waals surface area (Å²) in [7, 11) is 0. The van der Waals surface area contributed by atoms with Crippen LogP contribution in [0.15, 0.2) is 0 Å². The minimum Gasteiger partial charge on any atom is -0.377 e. The molecule has 1 saturated heterocycles. The third-order valence-corrected chi connectivity index (χ3v) is 2.36. The number of ether oxygens (including phenoxy) is 1. The van der Waals surface area contributed by atoms with Gasteiger partial charge in [-0.2, -0.15) is 0 Å². The van der Waals surface area contributed by atoms with E-state index < -0.39 is 0 Å². The Labute approximate surface area is 75.7 Å². The van der Waals surface area contributed by atoms with Crippen molar-refractivity contribution in [2.45, 2.75) is 45.8 Å². The van der Waals surface area contributed by atoms with Gasteiger partial charge in [-0.3, -0.25) is 0 Å². The second kappa shape index (κ2) is 4.83. The lowest BCUT2D eigenvalue weighted by atomic mass is 10.1. The van der Waals surface area contributed by atoms with Gasteiger partial charge in [-0.15, -0.1) is 0 Å². The lowest BCUT2D eigenvalue weighted by Gasteiger charge is -2.11. The molecule has 0 aromatic heterocycles. The van der Waals surface area contributed by atoms with Gasteiger partial charge in [0.25, 0.3) is 0 Å². The maximum atomic E-state index is 5.72. The molecule has 1 rings (SSSR count). The number of nitrogens with one attached hydrogen (secondary N) is 1. The molecule has 0 aromatic rings. The van der Waals surface area contributed by atoms with Crippen LogP contribution in [0.25, 0.3) is 0 Å². The zero-order chi connectivity index (χ0) is 8.97. The van der Waals surface area contributed by atoms with Gasteiger partial charge in [-0.05, 0) is 25.7 Å². The quantitative estimate of drug-likeness (QED) is 0.696. The summed E-state index contributed by atoms with van der Waals surface area (Å²) in [5.74, 6) is 0.761. The second-order valence-electron chi connectivity index (χ2n) is 4.22. The van der Waals surface area contributed by atoms with Crippen molar-refractivity contribution >= 4 is 0 Å². The van der Waals surface area contributed by atoms with Crippen LogP contribution in [0.4, 0.5) is 0 Å². The van der Waals surface area contributed by atoms with E-state index in [9.17, 15) is 0 Å². The second-order valence-corrected chi connectivity index (χ2v) is 4.22. The van der Waals surface area contributed by atoms with E-state index in [-0.39, 0.29) is 0 Å². The fourth-order valence-electron chi connectivity index (χ4n) is 1.49. The lowest BCUT2D eigenvalue weighted by molar-refractivity contribution is 0.0585. The van der Waals surface area contributed by atoms with Crippen molar-refractivity contribution in [3.05, 3.63) is 0 Å². The first-order valence-corrected chi connectivity index (χ1v) is 5.03. The van der Waals surface area contributed by atoms with Crippen LogP contribution in [0.5, 0.6) is 0 Å². The standard InChI is InChI=1S/C10H21NO/c1-8(2)4-5-12-10-6-9(3)11-7-10/h8-11H,4-7H2,1-3H3/t9-,10+/m0/s1. The minimum absolute atomic E-state index is 0.471. The highest BCUT2D eigenvalue weighted by atomic mass is 16.5. The van der Waals surface area contributed by atoms with Crippen LogP contribution in [0.2, 0.25) is 0 Å². The molecule has 1 fully saturated rings. The highest BCUT2D eigenvalue weighted by Gasteiger charge is 2.20. The average molecular weight is 171 g/mol. The molecule has 2 heteroatoms. The van der Waals surface area contributed by atoms with Crippen molar-refractivity contribution in [3.63, 3.8) is 0 Å². The molecule has 72 valence electrons. The van der Waals surface area contributed by atoms with Crippen molar-refractivity contribution in [1.82, 2.24) is 5.32 Å². The molecule has 12 heavy (non-hydrogen) atoms. The summed E-state index contributed by atoms with van der Waals surface area (Å²) >= 11 is 0. The molecule has 2 atom stereocenters. The molecule has 0 bridgehead atoms. The summed E-state index contributed by atoms with van der Waals surface area (Å²) < 4.78 is 5.72. The Morgan fingerprint density at radius 3 is 2.75 bits per heavy atom. The van der Waals surface area contributed by atoms with Gasteiger partial charge in [0, 0.05) is 19.2 Å². The van der Waals surface area contributed by atoms with E-state index in [4.69, 9.17) is 4.74 Å². The molecule has 0 spiro atoms. The van der Waals surface area contributed by atoms with Gasteiger partial charge >= 0.3 is 0 Å². The Hall–Kier alpha value is -0.0800. The van der Waals surface area contributed by atoms with Crippen molar-refractivity contribution in [1.29, 1.82) is 0 Å². The Morgan fingerprint density at radius 2 is 2.25 bits per heavy atom. The Kier molecular flexibility index (Phi) is 4.02. The van der Waals surface area contributed by atoms with Gasteiger partial charge in [-0.1, -0.05) is 13.8 Å². The number of rotatable bonds is 4. The highest BCUT2D eigenvalue weighted by Crippen LogP contribution is 2.10. The molecular weight excluding hydrogens is 150 g/mol. The summed E-state index contributed by atoms with van der Waals surface area (Å²) in [4.78, 5) is 0. The summed E-state index contributed by atoms with van der Waals surface area (Å²) in [6.45, 7) is 8.65. The van der Waals surface area contributed by atoms with Crippen molar-refractivity contribution in [3.8, 4) is 0 Å². The highest BCUT2D eigenvalue weighted by molar-refractivity contribution is 4.78. The number of hydrogen-bond acceptors (Lipinski definition) is 2. The first-order valence-electron chi connectivity index (χ1n) is 5.03. The molecular formula is C10H21NO. The first kappa shape index (κ1) is 10.0. The lowest BCUT2D eigenvalue weighted by Crippen LogP contribution is -2.19. The Bertz CT molecular complexity index is 125. The molecule has 1 aliphatic rings. The summed E-state index contributed by atoms with van der Waals surface area (Å²) in [6.07, 6.45) is 2.84. The van der Waals surface area contributed by atoms with E-state index >= 15 is 0 Å². The van der Waals surface area contributed by atoms with Crippen LogP contribution in [0, 0.1) is 5.92 Å². The fraction of sp³-hybridized carbons (Fsp3) is 1.00. The Balaban J connectivity index is 2.00. The van der Waals surface area contributed by atoms with Gasteiger partial charge in [0.1, 0.15) is 0 Å². The average Bonchev–Trinajstić information content (AvgIpc) is 2.35. The SMILES string of the molecule is CC(C)CCO[C@H]1CN[C@@H](C)C1. The van der Waals surface area contributed by atoms with Gasteiger partial charge in [0.2, 0.25) is 0 Å². The van der Waals surface area contributed by atoms with Crippen LogP contribution >= 0.6 is 0 Å². The maximum absolute atomic E-state index is 5.72. The van der Waals surface area contributed by atoms with E-state index in [0.29, 0.717) is 12.1 Å². The summed E-state index contributed by atoms with van der Waals surface area (Å²) in [5.41, 5.74) is 0. The maximum Gasteiger partial charge on any atom is 0.0714 e. The zero-order valence-corrected chi connectivity index (χ0v) is 8.47. The van der Waals surface area contributed by atoms with Crippen molar-refractivity contribution in [2.24, 2.45) is 5.92 Å². The molecule has 0 aromatic carbocycles. The minimum atomic E-state index is 0.471. The molecule has 0 amide bonds. The third-order valence-electron chi connectivity index (χ3n) is 2.36. The number of hydrogen-bond donors (Lipinski definition) is 1. The zero-order valence-electron chi connectivity index (χ0n) is 8.47. The summed E-state index contributed by atoms with van der Waals surface area (Å²) in [6, 6.07) is 0.647. The topological polar surface area (TPSA) is 21.3 Å². The molecule has 0 unspecified atom stereocenters. The smallest absolute Gasteiger partial charge is 0.0714 e. The van der Waals surface area contributed by atoms with Crippen LogP contribution in [-0.2, 0) is 4.74 Å². The third kappa shape index (κ3) is 3.55. The predicted molar refractivity (Wildman–Crippen MR) is 51.3 cm³/mol. The molecule has 0 aliphatic carbocycles. The predicted octanol–water partition coefficient (Wildman–Crippen LogP) is 1.80. The molecule has 0 radical (unpaired) electrons. The normalized spacial score (nSPS) is 30.0. The van der Waals surface area contributed by atoms with E-state index in [1.807, 2.05) is 0 Å². The van der Waals surface area contributed by atoms with Crippen molar-refractivity contribution in [2.75, 3.05) is 13.2 Å². The van der Waals surface area contributed by atoms with Crippen LogP contribution in [-0.4, -0.2) is 25.3 Å². The van der Waals surface area contributed by atoms with Gasteiger partial charge in [0.05, 0.1) is 6.10 Å². The van der Waals surface area contributed by atoms with Gasteiger partial charge < -0.3 is 10.1 Å². The molecule has 2 nitrogen and oxygen atoms in total. The first-order chi connectivity index (χ1) is 5.68. The molecule has 1 heterocycles. The van der Waals surface area contributed by atoms with Crippen LogP contribution in [0.1, 0.15) is 33.6 Å². The van der Waals surface area contributed by atoms with E-state index in [2.05, 4.69) is 26.1 Å². The molecule has 1 N–H and O–H groups in total. The van der Waals surface area contributed by atoms with Crippen LogP contribution < -0.4 is 5.32 Å². The van der Waals surface area contributed by atoms with E-state index in [1.165, 1.54) is 12.8 Å². The van der Waals surface area contributed by atoms with Gasteiger partial charge in [-0.25, -0.2) is 0 Å². The van der Waals surface area contributed by atoms with E-state index in [1.54, 1.807) is 0 Å². The molecule has 0 saturated carbocycles. The fourth-order valence-corrected chi connectivity index (χ4v) is 1.49. The van der Waals surface area contributed by atoms with Crippen LogP contribution in [0.3, 0.4) is 0 Å². The van der Waals surface area contributed by atoms with Crippen molar-refractivity contribution < 1.29 is 4.74 Å². The summed E-state index contributed by atoms with van der Waals surface area (Å²) in [5, 5.41) is 3.38. The monoisotopic (exact) mass is 171 g/mol. The Morgan fingerprint density at radius 1 is 1.50 bits per heavy atom. The van der Waals surface area contributed by atoms with E-state index in [0.717, 1.165) is 19.1 Å². The largest absolute Gasteiger partial charge is 0.377 e.